The van der Waals surface area contributed by atoms with Crippen molar-refractivity contribution in [3.8, 4) is 0 Å². The summed E-state index contributed by atoms with van der Waals surface area (Å²) in [6, 6.07) is 0. The second kappa shape index (κ2) is 5.08. The number of hydrogen-bond donors (Lipinski definition) is 0. The second-order valence-electron chi connectivity index (χ2n) is 2.86. The van der Waals surface area contributed by atoms with E-state index in [4.69, 9.17) is 0 Å². The fourth-order valence-corrected chi connectivity index (χ4v) is 1.14. The molecule has 0 aliphatic heterocycles. The summed E-state index contributed by atoms with van der Waals surface area (Å²) in [5.41, 5.74) is 0. The van der Waals surface area contributed by atoms with Gasteiger partial charge in [0.2, 0.25) is 0 Å². The number of aromatic nitrogens is 2. The van der Waals surface area contributed by atoms with Crippen LogP contribution in [0.25, 0.3) is 0 Å². The maximum atomic E-state index is 10.8. The number of nitrogens with zero attached hydrogens (tertiary/aromatic N) is 3. The van der Waals surface area contributed by atoms with Crippen molar-refractivity contribution in [2.45, 2.75) is 19.4 Å². The molecule has 0 N–H and O–H groups in total. The van der Waals surface area contributed by atoms with Gasteiger partial charge in [-0.05, 0) is 11.3 Å². The van der Waals surface area contributed by atoms with E-state index in [2.05, 4.69) is 9.72 Å². The van der Waals surface area contributed by atoms with Crippen LogP contribution in [0, 0.1) is 10.1 Å². The average Bonchev–Trinajstić information content (AvgIpc) is 2.65. The third kappa shape index (κ3) is 3.04. The first-order chi connectivity index (χ1) is 7.15. The Hall–Kier alpha value is -1.92. The van der Waals surface area contributed by atoms with E-state index in [1.165, 1.54) is 24.1 Å². The number of methoxy groups -OCH3 is 1. The predicted molar refractivity (Wildman–Crippen MR) is 50.1 cm³/mol. The van der Waals surface area contributed by atoms with Crippen molar-refractivity contribution in [2.24, 2.45) is 0 Å². The predicted octanol–water partition coefficient (Wildman–Crippen LogP) is 0.744. The van der Waals surface area contributed by atoms with Crippen molar-refractivity contribution in [1.29, 1.82) is 0 Å². The minimum Gasteiger partial charge on any atom is -0.469 e. The molecule has 0 saturated carbocycles. The standard InChI is InChI=1S/C8H11N3O4/c1-15-7(12)3-2-5-10-6-4-9-8(10)11(13)14/h4,6H,2-3,5H2,1H3. The normalized spacial score (nSPS) is 9.93. The highest BCUT2D eigenvalue weighted by Gasteiger charge is 2.13. The highest BCUT2D eigenvalue weighted by molar-refractivity contribution is 5.68. The largest absolute Gasteiger partial charge is 0.469 e. The molecular formula is C8H11N3O4. The Bertz CT molecular complexity index is 361. The Morgan fingerprint density at radius 1 is 1.73 bits per heavy atom. The summed E-state index contributed by atoms with van der Waals surface area (Å²) in [7, 11) is 1.31. The van der Waals surface area contributed by atoms with Crippen LogP contribution in [0.2, 0.25) is 0 Å². The lowest BCUT2D eigenvalue weighted by molar-refractivity contribution is -0.396. The fourth-order valence-electron chi connectivity index (χ4n) is 1.14. The number of aryl methyl sites for hydroxylation is 1. The van der Waals surface area contributed by atoms with Crippen molar-refractivity contribution >= 4 is 11.9 Å². The third-order valence-corrected chi connectivity index (χ3v) is 1.86. The molecular weight excluding hydrogens is 202 g/mol. The first-order valence-electron chi connectivity index (χ1n) is 4.37. The van der Waals surface area contributed by atoms with Crippen LogP contribution in [0.1, 0.15) is 12.8 Å². The highest BCUT2D eigenvalue weighted by atomic mass is 16.6. The number of rotatable bonds is 5. The molecule has 0 spiro atoms. The molecule has 7 heteroatoms. The van der Waals surface area contributed by atoms with Crippen LogP contribution in [0.3, 0.4) is 0 Å². The lowest BCUT2D eigenvalue weighted by Crippen LogP contribution is -2.06. The molecule has 0 fully saturated rings. The van der Waals surface area contributed by atoms with Gasteiger partial charge in [-0.1, -0.05) is 4.98 Å². The minimum atomic E-state index is -0.557. The van der Waals surface area contributed by atoms with Gasteiger partial charge in [0, 0.05) is 6.42 Å². The maximum absolute atomic E-state index is 10.8. The minimum absolute atomic E-state index is 0.208. The lowest BCUT2D eigenvalue weighted by atomic mass is 10.3. The zero-order valence-electron chi connectivity index (χ0n) is 8.25. The van der Waals surface area contributed by atoms with E-state index in [1.54, 1.807) is 0 Å². The average molecular weight is 213 g/mol. The smallest absolute Gasteiger partial charge is 0.434 e. The van der Waals surface area contributed by atoms with Crippen LogP contribution in [0.15, 0.2) is 12.4 Å². The van der Waals surface area contributed by atoms with E-state index in [-0.39, 0.29) is 18.3 Å². The molecule has 0 unspecified atom stereocenters. The second-order valence-corrected chi connectivity index (χ2v) is 2.86. The van der Waals surface area contributed by atoms with Crippen LogP contribution in [-0.2, 0) is 16.1 Å². The SMILES string of the molecule is COC(=O)CCCn1ccnc1[N+](=O)[O-]. The summed E-state index contributed by atoms with van der Waals surface area (Å²) < 4.78 is 5.84. The van der Waals surface area contributed by atoms with Crippen molar-refractivity contribution in [1.82, 2.24) is 9.55 Å². The van der Waals surface area contributed by atoms with Gasteiger partial charge in [-0.15, -0.1) is 0 Å². The maximum Gasteiger partial charge on any atom is 0.434 e. The lowest BCUT2D eigenvalue weighted by Gasteiger charge is -2.00. The zero-order chi connectivity index (χ0) is 11.3. The molecule has 0 aliphatic rings. The Balaban J connectivity index is 2.47. The third-order valence-electron chi connectivity index (χ3n) is 1.86. The van der Waals surface area contributed by atoms with Gasteiger partial charge in [0.1, 0.15) is 12.4 Å². The topological polar surface area (TPSA) is 87.3 Å². The highest BCUT2D eigenvalue weighted by Crippen LogP contribution is 2.08. The molecule has 1 aromatic heterocycles. The Kier molecular flexibility index (Phi) is 3.78. The van der Waals surface area contributed by atoms with Crippen LogP contribution < -0.4 is 0 Å². The molecule has 0 aliphatic carbocycles. The van der Waals surface area contributed by atoms with E-state index < -0.39 is 4.92 Å². The van der Waals surface area contributed by atoms with Gasteiger partial charge in [0.05, 0.1) is 13.7 Å². The van der Waals surface area contributed by atoms with Gasteiger partial charge in [-0.2, -0.15) is 0 Å². The van der Waals surface area contributed by atoms with E-state index in [1.807, 2.05) is 0 Å². The monoisotopic (exact) mass is 213 g/mol. The molecule has 7 nitrogen and oxygen atoms in total. The van der Waals surface area contributed by atoms with Gasteiger partial charge < -0.3 is 14.9 Å². The fraction of sp³-hybridized carbons (Fsp3) is 0.500. The summed E-state index contributed by atoms with van der Waals surface area (Å²) in [4.78, 5) is 24.3. The van der Waals surface area contributed by atoms with Gasteiger partial charge >= 0.3 is 11.9 Å². The van der Waals surface area contributed by atoms with Crippen LogP contribution in [-0.4, -0.2) is 27.6 Å². The van der Waals surface area contributed by atoms with E-state index in [0.29, 0.717) is 13.0 Å². The number of hydrogen-bond acceptors (Lipinski definition) is 5. The Labute approximate surface area is 85.8 Å². The molecule has 0 bridgehead atoms. The summed E-state index contributed by atoms with van der Waals surface area (Å²) in [5, 5.41) is 10.5. The zero-order valence-corrected chi connectivity index (χ0v) is 8.25. The molecule has 1 aromatic rings. The number of nitro groups is 1. The molecule has 0 radical (unpaired) electrons. The van der Waals surface area contributed by atoms with Gasteiger partial charge in [0.15, 0.2) is 0 Å². The molecule has 0 aromatic carbocycles. The summed E-state index contributed by atoms with van der Waals surface area (Å²) in [5.74, 6) is -0.530. The molecule has 0 atom stereocenters. The van der Waals surface area contributed by atoms with Gasteiger partial charge in [-0.25, -0.2) is 4.57 Å². The first-order valence-corrected chi connectivity index (χ1v) is 4.37. The van der Waals surface area contributed by atoms with Crippen molar-refractivity contribution < 1.29 is 14.5 Å². The number of imidazole rings is 1. The summed E-state index contributed by atoms with van der Waals surface area (Å²) in [6.45, 7) is 0.380. The quantitative estimate of drug-likeness (QED) is 0.409. The number of esters is 1. The molecule has 82 valence electrons. The van der Waals surface area contributed by atoms with Crippen LogP contribution >= 0.6 is 0 Å². The number of carbonyl (C=O) groups excluding carboxylic acids is 1. The first kappa shape index (κ1) is 11.2. The number of ether oxygens (including phenoxy) is 1. The van der Waals surface area contributed by atoms with E-state index in [9.17, 15) is 14.9 Å². The molecule has 0 amide bonds. The molecule has 15 heavy (non-hydrogen) atoms. The number of carbonyl (C=O) groups is 1. The van der Waals surface area contributed by atoms with Crippen LogP contribution in [0.5, 0.6) is 0 Å². The summed E-state index contributed by atoms with van der Waals surface area (Å²) >= 11 is 0. The van der Waals surface area contributed by atoms with Crippen molar-refractivity contribution in [3.05, 3.63) is 22.5 Å². The Morgan fingerprint density at radius 2 is 2.47 bits per heavy atom. The van der Waals surface area contributed by atoms with E-state index >= 15 is 0 Å². The molecule has 0 saturated heterocycles. The molecule has 1 rings (SSSR count). The van der Waals surface area contributed by atoms with Crippen LogP contribution in [0.4, 0.5) is 5.95 Å². The summed E-state index contributed by atoms with van der Waals surface area (Å²) in [6.07, 6.45) is 3.60. The van der Waals surface area contributed by atoms with E-state index in [0.717, 1.165) is 0 Å². The molecule has 1 heterocycles. The van der Waals surface area contributed by atoms with Gasteiger partial charge in [0.25, 0.3) is 0 Å². The van der Waals surface area contributed by atoms with Crippen molar-refractivity contribution in [3.63, 3.8) is 0 Å². The van der Waals surface area contributed by atoms with Crippen molar-refractivity contribution in [2.75, 3.05) is 7.11 Å². The van der Waals surface area contributed by atoms with Gasteiger partial charge in [-0.3, -0.25) is 4.79 Å². The Morgan fingerprint density at radius 3 is 3.07 bits per heavy atom.